The highest BCUT2D eigenvalue weighted by molar-refractivity contribution is 4.80. The molecule has 0 amide bonds. The van der Waals surface area contributed by atoms with Crippen LogP contribution in [0.5, 0.6) is 0 Å². The molecule has 2 rings (SSSR count). The normalized spacial score (nSPS) is 26.3. The highest BCUT2D eigenvalue weighted by atomic mass is 16.5. The van der Waals surface area contributed by atoms with Gasteiger partial charge in [0, 0.05) is 19.2 Å². The van der Waals surface area contributed by atoms with Crippen molar-refractivity contribution in [1.82, 2.24) is 10.2 Å². The van der Waals surface area contributed by atoms with Gasteiger partial charge >= 0.3 is 0 Å². The van der Waals surface area contributed by atoms with Crippen molar-refractivity contribution < 1.29 is 4.74 Å². The Morgan fingerprint density at radius 1 is 1.24 bits per heavy atom. The molecule has 1 aliphatic carbocycles. The van der Waals surface area contributed by atoms with E-state index < -0.39 is 0 Å². The van der Waals surface area contributed by atoms with Gasteiger partial charge in [-0.2, -0.15) is 0 Å². The molecule has 100 valence electrons. The summed E-state index contributed by atoms with van der Waals surface area (Å²) in [4.78, 5) is 2.58. The molecular formula is C14H28N2O. The molecule has 0 radical (unpaired) electrons. The largest absolute Gasteiger partial charge is 0.377 e. The summed E-state index contributed by atoms with van der Waals surface area (Å²) in [6.07, 6.45) is 8.53. The fourth-order valence-corrected chi connectivity index (χ4v) is 2.64. The molecule has 1 saturated carbocycles. The van der Waals surface area contributed by atoms with Crippen LogP contribution in [-0.2, 0) is 4.74 Å². The molecule has 0 spiro atoms. The van der Waals surface area contributed by atoms with Gasteiger partial charge in [0.2, 0.25) is 0 Å². The molecule has 17 heavy (non-hydrogen) atoms. The molecule has 0 aromatic carbocycles. The first kappa shape index (κ1) is 13.3. The van der Waals surface area contributed by atoms with Gasteiger partial charge in [-0.05, 0) is 65.1 Å². The lowest BCUT2D eigenvalue weighted by Crippen LogP contribution is -2.40. The summed E-state index contributed by atoms with van der Waals surface area (Å²) < 4.78 is 5.73. The van der Waals surface area contributed by atoms with Crippen LogP contribution in [0.3, 0.4) is 0 Å². The quantitative estimate of drug-likeness (QED) is 0.657. The van der Waals surface area contributed by atoms with Crippen molar-refractivity contribution in [2.45, 2.75) is 57.6 Å². The summed E-state index contributed by atoms with van der Waals surface area (Å²) in [6, 6.07) is 0.868. The molecule has 3 nitrogen and oxygen atoms in total. The highest BCUT2D eigenvalue weighted by Crippen LogP contribution is 2.18. The zero-order valence-electron chi connectivity index (χ0n) is 11.3. The Kier molecular flexibility index (Phi) is 5.75. The predicted octanol–water partition coefficient (Wildman–Crippen LogP) is 2.02. The topological polar surface area (TPSA) is 24.5 Å². The SMILES string of the molecule is CCOC1CCCN(CCCCNC2CC2)C1. The zero-order chi connectivity index (χ0) is 11.9. The van der Waals surface area contributed by atoms with Crippen molar-refractivity contribution in [1.29, 1.82) is 0 Å². The van der Waals surface area contributed by atoms with Crippen molar-refractivity contribution in [3.05, 3.63) is 0 Å². The van der Waals surface area contributed by atoms with Crippen LogP contribution in [0.15, 0.2) is 0 Å². The molecule has 2 fully saturated rings. The summed E-state index contributed by atoms with van der Waals surface area (Å²) in [7, 11) is 0. The van der Waals surface area contributed by atoms with Gasteiger partial charge in [0.05, 0.1) is 6.10 Å². The number of ether oxygens (including phenoxy) is 1. The smallest absolute Gasteiger partial charge is 0.0702 e. The maximum atomic E-state index is 5.73. The third-order valence-corrected chi connectivity index (χ3v) is 3.78. The Balaban J connectivity index is 1.48. The standard InChI is InChI=1S/C14H28N2O/c1-2-17-14-6-5-11-16(12-14)10-4-3-9-15-13-7-8-13/h13-15H,2-12H2,1H3. The third kappa shape index (κ3) is 5.36. The summed E-state index contributed by atoms with van der Waals surface area (Å²) in [5.74, 6) is 0. The first-order valence-electron chi connectivity index (χ1n) is 7.46. The third-order valence-electron chi connectivity index (χ3n) is 3.78. The molecule has 0 bridgehead atoms. The van der Waals surface area contributed by atoms with Crippen LogP contribution >= 0.6 is 0 Å². The van der Waals surface area contributed by atoms with Crippen molar-refractivity contribution in [3.8, 4) is 0 Å². The first-order chi connectivity index (χ1) is 8.38. The van der Waals surface area contributed by atoms with Crippen molar-refractivity contribution in [2.24, 2.45) is 0 Å². The van der Waals surface area contributed by atoms with E-state index in [1.54, 1.807) is 0 Å². The fourth-order valence-electron chi connectivity index (χ4n) is 2.64. The fraction of sp³-hybridized carbons (Fsp3) is 1.00. The Morgan fingerprint density at radius 3 is 2.88 bits per heavy atom. The van der Waals surface area contributed by atoms with Crippen molar-refractivity contribution >= 4 is 0 Å². The Hall–Kier alpha value is -0.120. The van der Waals surface area contributed by atoms with Gasteiger partial charge in [-0.25, -0.2) is 0 Å². The van der Waals surface area contributed by atoms with Gasteiger partial charge in [-0.3, -0.25) is 0 Å². The molecule has 1 atom stereocenters. The maximum absolute atomic E-state index is 5.73. The molecule has 1 saturated heterocycles. The summed E-state index contributed by atoms with van der Waals surface area (Å²) in [6.45, 7) is 7.87. The number of nitrogens with zero attached hydrogens (tertiary/aromatic N) is 1. The van der Waals surface area contributed by atoms with E-state index in [0.29, 0.717) is 6.10 Å². The van der Waals surface area contributed by atoms with Gasteiger partial charge in [-0.15, -0.1) is 0 Å². The van der Waals surface area contributed by atoms with Gasteiger partial charge in [0.25, 0.3) is 0 Å². The van der Waals surface area contributed by atoms with Crippen molar-refractivity contribution in [2.75, 3.05) is 32.8 Å². The van der Waals surface area contributed by atoms with Crippen molar-refractivity contribution in [3.63, 3.8) is 0 Å². The van der Waals surface area contributed by atoms with Crippen LogP contribution in [0.25, 0.3) is 0 Å². The molecule has 3 heteroatoms. The lowest BCUT2D eigenvalue weighted by Gasteiger charge is -2.32. The molecule has 1 aliphatic heterocycles. The highest BCUT2D eigenvalue weighted by Gasteiger charge is 2.20. The second kappa shape index (κ2) is 7.34. The predicted molar refractivity (Wildman–Crippen MR) is 71.3 cm³/mol. The Labute approximate surface area is 106 Å². The number of unbranched alkanes of at least 4 members (excludes halogenated alkanes) is 1. The average molecular weight is 240 g/mol. The number of nitrogens with one attached hydrogen (secondary N) is 1. The van der Waals surface area contributed by atoms with Crippen LogP contribution in [0.2, 0.25) is 0 Å². The van der Waals surface area contributed by atoms with E-state index in [1.807, 2.05) is 0 Å². The van der Waals surface area contributed by atoms with E-state index in [2.05, 4.69) is 17.1 Å². The van der Waals surface area contributed by atoms with Gasteiger partial charge in [0.1, 0.15) is 0 Å². The van der Waals surface area contributed by atoms with Gasteiger partial charge in [0.15, 0.2) is 0 Å². The number of hydrogen-bond donors (Lipinski definition) is 1. The second-order valence-corrected chi connectivity index (χ2v) is 5.46. The van der Waals surface area contributed by atoms with E-state index in [9.17, 15) is 0 Å². The van der Waals surface area contributed by atoms with E-state index in [0.717, 1.165) is 19.2 Å². The minimum absolute atomic E-state index is 0.498. The van der Waals surface area contributed by atoms with Crippen LogP contribution in [0, 0.1) is 0 Å². The maximum Gasteiger partial charge on any atom is 0.0702 e. The first-order valence-corrected chi connectivity index (χ1v) is 7.46. The lowest BCUT2D eigenvalue weighted by molar-refractivity contribution is 0.00563. The number of likely N-dealkylation sites (tertiary alicyclic amines) is 1. The summed E-state index contributed by atoms with van der Waals surface area (Å²) in [5, 5.41) is 3.58. The van der Waals surface area contributed by atoms with Crippen LogP contribution in [0.4, 0.5) is 0 Å². The average Bonchev–Trinajstić information content (AvgIpc) is 3.14. The van der Waals surface area contributed by atoms with Crippen LogP contribution in [-0.4, -0.2) is 49.8 Å². The van der Waals surface area contributed by atoms with E-state index in [4.69, 9.17) is 4.74 Å². The molecular weight excluding hydrogens is 212 g/mol. The molecule has 1 N–H and O–H groups in total. The summed E-state index contributed by atoms with van der Waals surface area (Å²) >= 11 is 0. The Morgan fingerprint density at radius 2 is 2.12 bits per heavy atom. The monoisotopic (exact) mass is 240 g/mol. The zero-order valence-corrected chi connectivity index (χ0v) is 11.3. The van der Waals surface area contributed by atoms with Crippen LogP contribution < -0.4 is 5.32 Å². The molecule has 2 aliphatic rings. The van der Waals surface area contributed by atoms with E-state index in [1.165, 1.54) is 58.2 Å². The summed E-state index contributed by atoms with van der Waals surface area (Å²) in [5.41, 5.74) is 0. The number of hydrogen-bond acceptors (Lipinski definition) is 3. The molecule has 1 heterocycles. The lowest BCUT2D eigenvalue weighted by atomic mass is 10.1. The molecule has 1 unspecified atom stereocenters. The minimum Gasteiger partial charge on any atom is -0.377 e. The van der Waals surface area contributed by atoms with E-state index >= 15 is 0 Å². The van der Waals surface area contributed by atoms with Gasteiger partial charge < -0.3 is 15.0 Å². The van der Waals surface area contributed by atoms with E-state index in [-0.39, 0.29) is 0 Å². The second-order valence-electron chi connectivity index (χ2n) is 5.46. The van der Waals surface area contributed by atoms with Gasteiger partial charge in [-0.1, -0.05) is 0 Å². The minimum atomic E-state index is 0.498. The number of rotatable bonds is 8. The molecule has 0 aromatic heterocycles. The number of piperidine rings is 1. The molecule has 0 aromatic rings. The Bertz CT molecular complexity index is 204. The van der Waals surface area contributed by atoms with Crippen LogP contribution in [0.1, 0.15) is 45.4 Å².